The van der Waals surface area contributed by atoms with E-state index >= 15 is 0 Å². The molecule has 4 heteroatoms. The molecule has 3 nitrogen and oxygen atoms in total. The number of carbonyl (C=O) groups excluding carboxylic acids is 1. The summed E-state index contributed by atoms with van der Waals surface area (Å²) in [7, 11) is -2.21. The Morgan fingerprint density at radius 2 is 1.10 bits per heavy atom. The molecule has 0 atom stereocenters. The zero-order chi connectivity index (χ0) is 21.2. The van der Waals surface area contributed by atoms with Crippen LogP contribution >= 0.6 is 7.26 Å². The van der Waals surface area contributed by atoms with Crippen molar-refractivity contribution >= 4 is 29.1 Å². The molecule has 0 amide bonds. The van der Waals surface area contributed by atoms with E-state index in [9.17, 15) is 4.79 Å². The first-order valence-electron chi connectivity index (χ1n) is 10.3. The molecule has 0 N–H and O–H groups in total. The van der Waals surface area contributed by atoms with Crippen LogP contribution in [0.4, 0.5) is 0 Å². The highest BCUT2D eigenvalue weighted by Crippen LogP contribution is 2.57. The lowest BCUT2D eigenvalue weighted by molar-refractivity contribution is -0.143. The highest BCUT2D eigenvalue weighted by Gasteiger charge is 2.44. The molecular formula is C26H28O3P+. The van der Waals surface area contributed by atoms with Crippen molar-refractivity contribution in [1.82, 2.24) is 0 Å². The zero-order valence-electron chi connectivity index (χ0n) is 17.5. The van der Waals surface area contributed by atoms with Crippen LogP contribution in [0, 0.1) is 0 Å². The van der Waals surface area contributed by atoms with Crippen LogP contribution in [-0.4, -0.2) is 19.2 Å². The van der Waals surface area contributed by atoms with Crippen molar-refractivity contribution in [2.75, 3.05) is 13.2 Å². The number of hydrogen-bond acceptors (Lipinski definition) is 3. The number of benzene rings is 3. The Kier molecular flexibility index (Phi) is 7.82. The van der Waals surface area contributed by atoms with Gasteiger partial charge in [-0.15, -0.1) is 0 Å². The summed E-state index contributed by atoms with van der Waals surface area (Å²) in [4.78, 5) is 12.3. The molecule has 0 aliphatic heterocycles. The van der Waals surface area contributed by atoms with Crippen LogP contribution in [0.25, 0.3) is 0 Å². The quantitative estimate of drug-likeness (QED) is 0.284. The summed E-state index contributed by atoms with van der Waals surface area (Å²) >= 11 is 0. The molecule has 3 aromatic rings. The number of rotatable bonds is 9. The monoisotopic (exact) mass is 419 g/mol. The van der Waals surface area contributed by atoms with E-state index in [1.807, 2.05) is 32.0 Å². The summed E-state index contributed by atoms with van der Waals surface area (Å²) in [5.41, 5.74) is 0. The van der Waals surface area contributed by atoms with E-state index < -0.39 is 7.26 Å². The third-order valence-electron chi connectivity index (χ3n) is 4.78. The number of carbonyl (C=O) groups is 1. The Labute approximate surface area is 179 Å². The van der Waals surface area contributed by atoms with E-state index in [-0.39, 0.29) is 12.4 Å². The van der Waals surface area contributed by atoms with Crippen LogP contribution < -0.4 is 15.9 Å². The van der Waals surface area contributed by atoms with Gasteiger partial charge >= 0.3 is 5.97 Å². The maximum atomic E-state index is 12.3. The Morgan fingerprint density at radius 1 is 0.700 bits per heavy atom. The molecule has 0 aliphatic rings. The normalized spacial score (nSPS) is 11.7. The van der Waals surface area contributed by atoms with E-state index in [4.69, 9.17) is 9.47 Å². The first-order chi connectivity index (χ1) is 14.7. The smallest absolute Gasteiger partial charge is 0.313 e. The Balaban J connectivity index is 2.28. The van der Waals surface area contributed by atoms with Gasteiger partial charge < -0.3 is 9.47 Å². The van der Waals surface area contributed by atoms with Crippen molar-refractivity contribution in [2.24, 2.45) is 0 Å². The molecule has 0 spiro atoms. The first kappa shape index (κ1) is 21.8. The van der Waals surface area contributed by atoms with E-state index in [2.05, 4.69) is 78.6 Å². The molecule has 3 rings (SSSR count). The van der Waals surface area contributed by atoms with Crippen LogP contribution in [0.1, 0.15) is 20.3 Å². The Hall–Kier alpha value is -2.90. The SMILES string of the molecule is CCOC(=O)C/C(=C/[P+](c1ccccc1)(c1ccccc1)c1ccccc1)OCC. The van der Waals surface area contributed by atoms with Gasteiger partial charge in [0.25, 0.3) is 0 Å². The molecule has 0 heterocycles. The van der Waals surface area contributed by atoms with Crippen molar-refractivity contribution in [3.63, 3.8) is 0 Å². The summed E-state index contributed by atoms with van der Waals surface area (Å²) in [6.07, 6.45) is 0.121. The van der Waals surface area contributed by atoms with Gasteiger partial charge in [-0.3, -0.25) is 4.79 Å². The van der Waals surface area contributed by atoms with Gasteiger partial charge in [-0.05, 0) is 50.2 Å². The third kappa shape index (κ3) is 4.98. The van der Waals surface area contributed by atoms with Gasteiger partial charge in [-0.2, -0.15) is 0 Å². The first-order valence-corrected chi connectivity index (χ1v) is 12.1. The molecule has 0 fully saturated rings. The second kappa shape index (κ2) is 10.8. The average molecular weight is 419 g/mol. The van der Waals surface area contributed by atoms with Crippen molar-refractivity contribution in [3.8, 4) is 0 Å². The van der Waals surface area contributed by atoms with Crippen molar-refractivity contribution < 1.29 is 14.3 Å². The topological polar surface area (TPSA) is 35.5 Å². The van der Waals surface area contributed by atoms with Gasteiger partial charge in [-0.1, -0.05) is 54.6 Å². The molecule has 0 saturated heterocycles. The largest absolute Gasteiger partial charge is 0.494 e. The van der Waals surface area contributed by atoms with E-state index in [0.29, 0.717) is 19.0 Å². The second-order valence-corrected chi connectivity index (χ2v) is 9.99. The maximum absolute atomic E-state index is 12.3. The summed E-state index contributed by atoms with van der Waals surface area (Å²) in [6.45, 7) is 4.60. The average Bonchev–Trinajstić information content (AvgIpc) is 2.79. The number of esters is 1. The lowest BCUT2D eigenvalue weighted by atomic mass is 10.3. The predicted octanol–water partition coefficient (Wildman–Crippen LogP) is 4.81. The highest BCUT2D eigenvalue weighted by atomic mass is 31.2. The third-order valence-corrected chi connectivity index (χ3v) is 8.79. The van der Waals surface area contributed by atoms with Gasteiger partial charge in [0.1, 0.15) is 41.2 Å². The second-order valence-electron chi connectivity index (χ2n) is 6.74. The highest BCUT2D eigenvalue weighted by molar-refractivity contribution is 7.98. The molecule has 0 saturated carbocycles. The van der Waals surface area contributed by atoms with Gasteiger partial charge in [0.15, 0.2) is 0 Å². The predicted molar refractivity (Wildman–Crippen MR) is 126 cm³/mol. The van der Waals surface area contributed by atoms with E-state index in [0.717, 1.165) is 0 Å². The van der Waals surface area contributed by atoms with Crippen molar-refractivity contribution in [2.45, 2.75) is 20.3 Å². The Morgan fingerprint density at radius 3 is 1.47 bits per heavy atom. The van der Waals surface area contributed by atoms with E-state index in [1.165, 1.54) is 15.9 Å². The molecule has 30 heavy (non-hydrogen) atoms. The molecule has 3 aromatic carbocycles. The van der Waals surface area contributed by atoms with Crippen LogP contribution in [0.3, 0.4) is 0 Å². The van der Waals surface area contributed by atoms with Crippen LogP contribution in [-0.2, 0) is 14.3 Å². The minimum absolute atomic E-state index is 0.121. The fourth-order valence-electron chi connectivity index (χ4n) is 3.55. The summed E-state index contributed by atoms with van der Waals surface area (Å²) < 4.78 is 11.2. The minimum atomic E-state index is -2.21. The molecule has 0 unspecified atom stereocenters. The minimum Gasteiger partial charge on any atom is -0.494 e. The van der Waals surface area contributed by atoms with Gasteiger partial charge in [0.05, 0.1) is 13.2 Å². The fourth-order valence-corrected chi connectivity index (χ4v) is 7.42. The van der Waals surface area contributed by atoms with Crippen LogP contribution in [0.5, 0.6) is 0 Å². The fraction of sp³-hybridized carbons (Fsp3) is 0.192. The summed E-state index contributed by atoms with van der Waals surface area (Å²) in [6, 6.07) is 31.5. The standard InChI is InChI=1S/C26H28O3P/c1-3-28-22(20-26(27)29-4-2)21-30(23-14-8-5-9-15-23,24-16-10-6-11-17-24)25-18-12-7-13-19-25/h5-19,21H,3-4,20H2,1-2H3/q+1/b22-21-. The lowest BCUT2D eigenvalue weighted by Crippen LogP contribution is -2.30. The summed E-state index contributed by atoms with van der Waals surface area (Å²) in [5.74, 6) is 2.57. The van der Waals surface area contributed by atoms with Gasteiger partial charge in [0, 0.05) is 0 Å². The summed E-state index contributed by atoms with van der Waals surface area (Å²) in [5, 5.41) is 3.63. The maximum Gasteiger partial charge on any atom is 0.313 e. The van der Waals surface area contributed by atoms with Crippen molar-refractivity contribution in [3.05, 3.63) is 103 Å². The van der Waals surface area contributed by atoms with E-state index in [1.54, 1.807) is 0 Å². The van der Waals surface area contributed by atoms with Crippen LogP contribution in [0.15, 0.2) is 103 Å². The molecule has 0 aromatic heterocycles. The number of hydrogen-bond donors (Lipinski definition) is 0. The molecule has 0 bridgehead atoms. The van der Waals surface area contributed by atoms with Crippen molar-refractivity contribution in [1.29, 1.82) is 0 Å². The molecular weight excluding hydrogens is 391 g/mol. The number of ether oxygens (including phenoxy) is 2. The van der Waals surface area contributed by atoms with Gasteiger partial charge in [-0.25, -0.2) is 0 Å². The zero-order valence-corrected chi connectivity index (χ0v) is 18.4. The molecule has 0 aliphatic carbocycles. The lowest BCUT2D eigenvalue weighted by Gasteiger charge is -2.25. The molecule has 0 radical (unpaired) electrons. The van der Waals surface area contributed by atoms with Crippen LogP contribution in [0.2, 0.25) is 0 Å². The Bertz CT molecular complexity index is 857. The molecule has 154 valence electrons. The van der Waals surface area contributed by atoms with Gasteiger partial charge in [0.2, 0.25) is 0 Å².